The largest absolute Gasteiger partial charge is 0.454 e. The molecule has 1 amide bonds. The minimum Gasteiger partial charge on any atom is -0.454 e. The third kappa shape index (κ3) is 2.71. The van der Waals surface area contributed by atoms with Gasteiger partial charge in [0.05, 0.1) is 6.54 Å². The number of carbonyl (C=O) groups excluding carboxylic acids is 1. The van der Waals surface area contributed by atoms with Crippen LogP contribution in [0.5, 0.6) is 11.5 Å². The standard InChI is InChI=1S/C14H19N3O3/c15-7-11-2-1-5-17(11)8-14(18)16-10-3-4-12-13(6-10)20-9-19-12/h3-4,6,11H,1-2,5,7-9,15H2,(H,16,18). The Morgan fingerprint density at radius 1 is 1.40 bits per heavy atom. The van der Waals surface area contributed by atoms with E-state index in [1.807, 2.05) is 6.07 Å². The van der Waals surface area contributed by atoms with E-state index in [2.05, 4.69) is 10.2 Å². The van der Waals surface area contributed by atoms with E-state index < -0.39 is 0 Å². The number of nitrogens with one attached hydrogen (secondary N) is 1. The maximum Gasteiger partial charge on any atom is 0.238 e. The Labute approximate surface area is 117 Å². The highest BCUT2D eigenvalue weighted by Gasteiger charge is 2.25. The molecule has 1 aromatic rings. The average Bonchev–Trinajstić information content (AvgIpc) is 3.06. The number of carbonyl (C=O) groups is 1. The van der Waals surface area contributed by atoms with Gasteiger partial charge in [-0.3, -0.25) is 9.69 Å². The molecule has 1 fully saturated rings. The average molecular weight is 277 g/mol. The monoisotopic (exact) mass is 277 g/mol. The zero-order valence-electron chi connectivity index (χ0n) is 11.3. The minimum absolute atomic E-state index is 0.0239. The van der Waals surface area contributed by atoms with E-state index in [0.717, 1.165) is 25.1 Å². The summed E-state index contributed by atoms with van der Waals surface area (Å²) in [5.41, 5.74) is 6.43. The molecule has 0 saturated carbocycles. The number of anilines is 1. The van der Waals surface area contributed by atoms with Crippen LogP contribution in [0.25, 0.3) is 0 Å². The molecule has 2 aliphatic rings. The summed E-state index contributed by atoms with van der Waals surface area (Å²) in [6.07, 6.45) is 2.19. The van der Waals surface area contributed by atoms with Gasteiger partial charge in [-0.05, 0) is 31.5 Å². The number of fused-ring (bicyclic) bond motifs is 1. The van der Waals surface area contributed by atoms with Crippen molar-refractivity contribution in [1.29, 1.82) is 0 Å². The number of amides is 1. The maximum atomic E-state index is 12.1. The molecule has 0 radical (unpaired) electrons. The zero-order chi connectivity index (χ0) is 13.9. The van der Waals surface area contributed by atoms with Gasteiger partial charge in [-0.2, -0.15) is 0 Å². The number of rotatable bonds is 4. The molecule has 2 aliphatic heterocycles. The summed E-state index contributed by atoms with van der Waals surface area (Å²) < 4.78 is 10.5. The molecule has 6 heteroatoms. The van der Waals surface area contributed by atoms with Crippen molar-refractivity contribution in [3.63, 3.8) is 0 Å². The molecule has 0 spiro atoms. The molecular weight excluding hydrogens is 258 g/mol. The second kappa shape index (κ2) is 5.68. The number of benzene rings is 1. The predicted molar refractivity (Wildman–Crippen MR) is 74.8 cm³/mol. The Bertz CT molecular complexity index is 506. The highest BCUT2D eigenvalue weighted by molar-refractivity contribution is 5.92. The molecule has 0 aromatic heterocycles. The van der Waals surface area contributed by atoms with E-state index in [1.165, 1.54) is 0 Å². The Kier molecular flexibility index (Phi) is 3.75. The molecule has 0 bridgehead atoms. The first-order valence-corrected chi connectivity index (χ1v) is 6.90. The fraction of sp³-hybridized carbons (Fsp3) is 0.500. The van der Waals surface area contributed by atoms with Gasteiger partial charge in [-0.1, -0.05) is 0 Å². The third-order valence-electron chi connectivity index (χ3n) is 3.77. The van der Waals surface area contributed by atoms with Crippen LogP contribution in [-0.2, 0) is 4.79 Å². The van der Waals surface area contributed by atoms with E-state index in [9.17, 15) is 4.79 Å². The van der Waals surface area contributed by atoms with Crippen LogP contribution in [0, 0.1) is 0 Å². The van der Waals surface area contributed by atoms with Crippen molar-refractivity contribution in [2.45, 2.75) is 18.9 Å². The molecule has 3 N–H and O–H groups in total. The Balaban J connectivity index is 1.59. The van der Waals surface area contributed by atoms with Crippen LogP contribution < -0.4 is 20.5 Å². The van der Waals surface area contributed by atoms with Gasteiger partial charge in [-0.15, -0.1) is 0 Å². The van der Waals surface area contributed by atoms with Crippen molar-refractivity contribution in [2.24, 2.45) is 5.73 Å². The number of nitrogens with two attached hydrogens (primary N) is 1. The highest BCUT2D eigenvalue weighted by Crippen LogP contribution is 2.34. The summed E-state index contributed by atoms with van der Waals surface area (Å²) in [5, 5.41) is 2.89. The maximum absolute atomic E-state index is 12.1. The van der Waals surface area contributed by atoms with Crippen LogP contribution in [0.1, 0.15) is 12.8 Å². The Morgan fingerprint density at radius 2 is 2.25 bits per heavy atom. The zero-order valence-corrected chi connectivity index (χ0v) is 11.3. The van der Waals surface area contributed by atoms with Crippen molar-refractivity contribution in [2.75, 3.05) is 31.7 Å². The summed E-state index contributed by atoms with van der Waals surface area (Å²) in [7, 11) is 0. The van der Waals surface area contributed by atoms with E-state index in [0.29, 0.717) is 30.6 Å². The van der Waals surface area contributed by atoms with Crippen LogP contribution in [0.3, 0.4) is 0 Å². The topological polar surface area (TPSA) is 76.8 Å². The lowest BCUT2D eigenvalue weighted by Crippen LogP contribution is -2.40. The molecule has 20 heavy (non-hydrogen) atoms. The van der Waals surface area contributed by atoms with Gasteiger partial charge in [0.2, 0.25) is 12.7 Å². The first-order chi connectivity index (χ1) is 9.76. The van der Waals surface area contributed by atoms with Crippen LogP contribution >= 0.6 is 0 Å². The normalized spacial score (nSPS) is 21.1. The molecule has 1 unspecified atom stereocenters. The van der Waals surface area contributed by atoms with Crippen LogP contribution in [-0.4, -0.2) is 43.3 Å². The summed E-state index contributed by atoms with van der Waals surface area (Å²) in [6, 6.07) is 5.73. The lowest BCUT2D eigenvalue weighted by atomic mass is 10.2. The number of hydrogen-bond donors (Lipinski definition) is 2. The Morgan fingerprint density at radius 3 is 3.10 bits per heavy atom. The first kappa shape index (κ1) is 13.2. The molecule has 0 aliphatic carbocycles. The van der Waals surface area contributed by atoms with Crippen molar-refractivity contribution in [3.8, 4) is 11.5 Å². The number of ether oxygens (including phenoxy) is 2. The fourth-order valence-electron chi connectivity index (χ4n) is 2.73. The van der Waals surface area contributed by atoms with Gasteiger partial charge < -0.3 is 20.5 Å². The van der Waals surface area contributed by atoms with Gasteiger partial charge in [0.15, 0.2) is 11.5 Å². The van der Waals surface area contributed by atoms with E-state index in [1.54, 1.807) is 12.1 Å². The lowest BCUT2D eigenvalue weighted by Gasteiger charge is -2.22. The molecule has 1 aromatic carbocycles. The van der Waals surface area contributed by atoms with Crippen LogP contribution in [0.15, 0.2) is 18.2 Å². The van der Waals surface area contributed by atoms with E-state index in [-0.39, 0.29) is 12.7 Å². The van der Waals surface area contributed by atoms with Gasteiger partial charge >= 0.3 is 0 Å². The van der Waals surface area contributed by atoms with Gasteiger partial charge in [0, 0.05) is 24.3 Å². The fourth-order valence-corrected chi connectivity index (χ4v) is 2.73. The summed E-state index contributed by atoms with van der Waals surface area (Å²) >= 11 is 0. The smallest absolute Gasteiger partial charge is 0.238 e. The Hall–Kier alpha value is -1.79. The lowest BCUT2D eigenvalue weighted by molar-refractivity contribution is -0.117. The minimum atomic E-state index is -0.0239. The predicted octanol–water partition coefficient (Wildman–Crippen LogP) is 0.777. The SMILES string of the molecule is NCC1CCCN1CC(=O)Nc1ccc2c(c1)OCO2. The number of hydrogen-bond acceptors (Lipinski definition) is 5. The van der Waals surface area contributed by atoms with Crippen LogP contribution in [0.4, 0.5) is 5.69 Å². The summed E-state index contributed by atoms with van der Waals surface area (Å²) in [6.45, 7) is 2.17. The number of nitrogens with zero attached hydrogens (tertiary/aromatic N) is 1. The summed E-state index contributed by atoms with van der Waals surface area (Å²) in [4.78, 5) is 14.2. The van der Waals surface area contributed by atoms with Gasteiger partial charge in [-0.25, -0.2) is 0 Å². The van der Waals surface area contributed by atoms with E-state index >= 15 is 0 Å². The van der Waals surface area contributed by atoms with Gasteiger partial charge in [0.25, 0.3) is 0 Å². The second-order valence-electron chi connectivity index (χ2n) is 5.12. The van der Waals surface area contributed by atoms with Crippen molar-refractivity contribution >= 4 is 11.6 Å². The molecule has 108 valence electrons. The molecule has 1 saturated heterocycles. The molecule has 3 rings (SSSR count). The van der Waals surface area contributed by atoms with Crippen LogP contribution in [0.2, 0.25) is 0 Å². The number of likely N-dealkylation sites (tertiary alicyclic amines) is 1. The highest BCUT2D eigenvalue weighted by atomic mass is 16.7. The molecule has 1 atom stereocenters. The van der Waals surface area contributed by atoms with Crippen molar-refractivity contribution < 1.29 is 14.3 Å². The third-order valence-corrected chi connectivity index (χ3v) is 3.77. The second-order valence-corrected chi connectivity index (χ2v) is 5.12. The van der Waals surface area contributed by atoms with E-state index in [4.69, 9.17) is 15.2 Å². The summed E-state index contributed by atoms with van der Waals surface area (Å²) in [5.74, 6) is 1.36. The quantitative estimate of drug-likeness (QED) is 0.850. The molecule has 2 heterocycles. The molecule has 6 nitrogen and oxygen atoms in total. The van der Waals surface area contributed by atoms with Crippen molar-refractivity contribution in [1.82, 2.24) is 4.90 Å². The van der Waals surface area contributed by atoms with Crippen molar-refractivity contribution in [3.05, 3.63) is 18.2 Å². The first-order valence-electron chi connectivity index (χ1n) is 6.90. The van der Waals surface area contributed by atoms with Gasteiger partial charge in [0.1, 0.15) is 0 Å². The molecular formula is C14H19N3O3.